The maximum Gasteiger partial charge on any atom is 0.339 e. The first kappa shape index (κ1) is 16.5. The Morgan fingerprint density at radius 1 is 1.08 bits per heavy atom. The number of piperazine rings is 1. The molecule has 0 radical (unpaired) electrons. The Morgan fingerprint density at radius 3 is 2.46 bits per heavy atom. The minimum Gasteiger partial charge on any atom is -0.462 e. The fraction of sp³-hybridized carbons (Fsp3) is 0.368. The molecule has 2 aromatic rings. The topological polar surface area (TPSA) is 45.7 Å². The van der Waals surface area contributed by atoms with Crippen molar-refractivity contribution in [2.24, 2.45) is 0 Å². The molecule has 1 aliphatic heterocycles. The standard InChI is InChI=1S/C19H23N3O2/c1-2-24-19(23)17-8-9-18(20-14-17)22-12-10-21(11-13-22)15-16-6-4-3-5-7-16/h3-9,14H,2,10-13,15H2,1H3. The number of ether oxygens (including phenoxy) is 1. The first-order valence-corrected chi connectivity index (χ1v) is 8.40. The Bertz CT molecular complexity index is 650. The molecule has 0 aliphatic carbocycles. The third kappa shape index (κ3) is 4.11. The molecule has 1 aliphatic rings. The van der Waals surface area contributed by atoms with Crippen LogP contribution in [0, 0.1) is 0 Å². The highest BCUT2D eigenvalue weighted by Crippen LogP contribution is 2.16. The van der Waals surface area contributed by atoms with Crippen LogP contribution in [0.15, 0.2) is 48.7 Å². The lowest BCUT2D eigenvalue weighted by Crippen LogP contribution is -2.46. The van der Waals surface area contributed by atoms with Crippen molar-refractivity contribution >= 4 is 11.8 Å². The summed E-state index contributed by atoms with van der Waals surface area (Å²) < 4.78 is 4.98. The van der Waals surface area contributed by atoms with Crippen LogP contribution in [0.2, 0.25) is 0 Å². The minimum absolute atomic E-state index is 0.316. The summed E-state index contributed by atoms with van der Waals surface area (Å²) in [6.45, 7) is 7.08. The lowest BCUT2D eigenvalue weighted by Gasteiger charge is -2.35. The molecular weight excluding hydrogens is 302 g/mol. The van der Waals surface area contributed by atoms with Crippen LogP contribution in [0.25, 0.3) is 0 Å². The lowest BCUT2D eigenvalue weighted by molar-refractivity contribution is 0.0526. The van der Waals surface area contributed by atoms with Gasteiger partial charge < -0.3 is 9.64 Å². The van der Waals surface area contributed by atoms with Crippen molar-refractivity contribution < 1.29 is 9.53 Å². The van der Waals surface area contributed by atoms with Crippen LogP contribution in [-0.2, 0) is 11.3 Å². The zero-order chi connectivity index (χ0) is 16.8. The Morgan fingerprint density at radius 2 is 1.83 bits per heavy atom. The van der Waals surface area contributed by atoms with Crippen LogP contribution < -0.4 is 4.90 Å². The second-order valence-corrected chi connectivity index (χ2v) is 5.87. The maximum atomic E-state index is 11.7. The molecule has 0 spiro atoms. The molecule has 0 N–H and O–H groups in total. The maximum absolute atomic E-state index is 11.7. The molecule has 1 fully saturated rings. The third-order valence-electron chi connectivity index (χ3n) is 4.20. The molecule has 2 heterocycles. The summed E-state index contributed by atoms with van der Waals surface area (Å²) in [5.41, 5.74) is 1.85. The van der Waals surface area contributed by atoms with Gasteiger partial charge in [0.1, 0.15) is 5.82 Å². The van der Waals surface area contributed by atoms with E-state index < -0.39 is 0 Å². The number of hydrogen-bond acceptors (Lipinski definition) is 5. The van der Waals surface area contributed by atoms with E-state index in [-0.39, 0.29) is 5.97 Å². The average Bonchev–Trinajstić information content (AvgIpc) is 2.64. The number of anilines is 1. The van der Waals surface area contributed by atoms with Crippen molar-refractivity contribution in [3.05, 3.63) is 59.8 Å². The van der Waals surface area contributed by atoms with Crippen molar-refractivity contribution in [1.82, 2.24) is 9.88 Å². The number of benzene rings is 1. The van der Waals surface area contributed by atoms with Gasteiger partial charge in [-0.1, -0.05) is 30.3 Å². The molecule has 24 heavy (non-hydrogen) atoms. The molecule has 0 unspecified atom stereocenters. The molecule has 0 atom stereocenters. The summed E-state index contributed by atoms with van der Waals surface area (Å²) in [4.78, 5) is 20.8. The highest BCUT2D eigenvalue weighted by atomic mass is 16.5. The van der Waals surface area contributed by atoms with Gasteiger partial charge in [0.25, 0.3) is 0 Å². The molecule has 5 heteroatoms. The summed E-state index contributed by atoms with van der Waals surface area (Å²) in [7, 11) is 0. The summed E-state index contributed by atoms with van der Waals surface area (Å²) in [5.74, 6) is 0.603. The van der Waals surface area contributed by atoms with Crippen LogP contribution in [0.1, 0.15) is 22.8 Å². The van der Waals surface area contributed by atoms with E-state index in [4.69, 9.17) is 4.74 Å². The molecule has 1 saturated heterocycles. The quantitative estimate of drug-likeness (QED) is 0.791. The smallest absolute Gasteiger partial charge is 0.339 e. The van der Waals surface area contributed by atoms with Gasteiger partial charge in [0.05, 0.1) is 12.2 Å². The highest BCUT2D eigenvalue weighted by Gasteiger charge is 2.18. The predicted molar refractivity (Wildman–Crippen MR) is 94.1 cm³/mol. The molecule has 1 aromatic carbocycles. The van der Waals surface area contributed by atoms with E-state index in [0.717, 1.165) is 38.5 Å². The second kappa shape index (κ2) is 7.93. The molecule has 0 saturated carbocycles. The predicted octanol–water partition coefficient (Wildman–Crippen LogP) is 2.58. The van der Waals surface area contributed by atoms with E-state index in [9.17, 15) is 4.79 Å². The van der Waals surface area contributed by atoms with Gasteiger partial charge in [-0.3, -0.25) is 4.90 Å². The number of aromatic nitrogens is 1. The van der Waals surface area contributed by atoms with Crippen molar-refractivity contribution in [2.45, 2.75) is 13.5 Å². The fourth-order valence-corrected chi connectivity index (χ4v) is 2.88. The van der Waals surface area contributed by atoms with Gasteiger partial charge in [-0.05, 0) is 24.6 Å². The first-order valence-electron chi connectivity index (χ1n) is 8.40. The van der Waals surface area contributed by atoms with Crippen LogP contribution in [0.4, 0.5) is 5.82 Å². The van der Waals surface area contributed by atoms with Crippen LogP contribution in [-0.4, -0.2) is 48.6 Å². The lowest BCUT2D eigenvalue weighted by atomic mass is 10.2. The van der Waals surface area contributed by atoms with Gasteiger partial charge in [-0.25, -0.2) is 9.78 Å². The number of hydrogen-bond donors (Lipinski definition) is 0. The second-order valence-electron chi connectivity index (χ2n) is 5.87. The molecule has 126 valence electrons. The van der Waals surface area contributed by atoms with Crippen LogP contribution >= 0.6 is 0 Å². The van der Waals surface area contributed by atoms with Crippen molar-refractivity contribution in [3.8, 4) is 0 Å². The summed E-state index contributed by atoms with van der Waals surface area (Å²) >= 11 is 0. The van der Waals surface area contributed by atoms with Crippen molar-refractivity contribution in [2.75, 3.05) is 37.7 Å². The highest BCUT2D eigenvalue weighted by molar-refractivity contribution is 5.89. The van der Waals surface area contributed by atoms with Gasteiger partial charge >= 0.3 is 5.97 Å². The van der Waals surface area contributed by atoms with Crippen LogP contribution in [0.5, 0.6) is 0 Å². The Balaban J connectivity index is 1.54. The number of carbonyl (C=O) groups excluding carboxylic acids is 1. The normalized spacial score (nSPS) is 15.3. The molecule has 0 bridgehead atoms. The van der Waals surface area contributed by atoms with Crippen molar-refractivity contribution in [3.63, 3.8) is 0 Å². The molecule has 5 nitrogen and oxygen atoms in total. The number of nitrogens with zero attached hydrogens (tertiary/aromatic N) is 3. The average molecular weight is 325 g/mol. The van der Waals surface area contributed by atoms with E-state index in [1.54, 1.807) is 19.2 Å². The van der Waals surface area contributed by atoms with Gasteiger partial charge in [0.2, 0.25) is 0 Å². The number of rotatable bonds is 5. The molecular formula is C19H23N3O2. The Kier molecular flexibility index (Phi) is 5.43. The molecule has 1 aromatic heterocycles. The summed E-state index contributed by atoms with van der Waals surface area (Å²) in [6, 6.07) is 14.2. The van der Waals surface area contributed by atoms with Gasteiger partial charge in [0.15, 0.2) is 0 Å². The minimum atomic E-state index is -0.316. The number of esters is 1. The fourth-order valence-electron chi connectivity index (χ4n) is 2.88. The van der Waals surface area contributed by atoms with E-state index in [1.165, 1.54) is 5.56 Å². The van der Waals surface area contributed by atoms with E-state index >= 15 is 0 Å². The van der Waals surface area contributed by atoms with E-state index in [1.807, 2.05) is 12.1 Å². The van der Waals surface area contributed by atoms with E-state index in [0.29, 0.717) is 12.2 Å². The SMILES string of the molecule is CCOC(=O)c1ccc(N2CCN(Cc3ccccc3)CC2)nc1. The van der Waals surface area contributed by atoms with Gasteiger partial charge in [0, 0.05) is 38.9 Å². The van der Waals surface area contributed by atoms with Crippen LogP contribution in [0.3, 0.4) is 0 Å². The summed E-state index contributed by atoms with van der Waals surface area (Å²) in [6.07, 6.45) is 1.60. The van der Waals surface area contributed by atoms with Crippen molar-refractivity contribution in [1.29, 1.82) is 0 Å². The zero-order valence-electron chi connectivity index (χ0n) is 14.0. The number of carbonyl (C=O) groups is 1. The van der Waals surface area contributed by atoms with Gasteiger partial charge in [-0.2, -0.15) is 0 Å². The van der Waals surface area contributed by atoms with E-state index in [2.05, 4.69) is 39.0 Å². The Hall–Kier alpha value is -2.40. The summed E-state index contributed by atoms with van der Waals surface area (Å²) in [5, 5.41) is 0. The first-order chi connectivity index (χ1) is 11.8. The third-order valence-corrected chi connectivity index (χ3v) is 4.20. The molecule has 3 rings (SSSR count). The number of pyridine rings is 1. The monoisotopic (exact) mass is 325 g/mol. The largest absolute Gasteiger partial charge is 0.462 e. The van der Waals surface area contributed by atoms with Gasteiger partial charge in [-0.15, -0.1) is 0 Å². The molecule has 0 amide bonds. The zero-order valence-corrected chi connectivity index (χ0v) is 14.0. The Labute approximate surface area is 142 Å².